The minimum absolute atomic E-state index is 0.188. The zero-order chi connectivity index (χ0) is 15.7. The fraction of sp³-hybridized carbons (Fsp3) is 0.400. The van der Waals surface area contributed by atoms with Crippen LogP contribution in [0, 0.1) is 18.8 Å². The van der Waals surface area contributed by atoms with Gasteiger partial charge in [-0.15, -0.1) is 0 Å². The first kappa shape index (κ1) is 15.0. The molecule has 1 fully saturated rings. The van der Waals surface area contributed by atoms with Crippen LogP contribution in [0.15, 0.2) is 18.2 Å². The van der Waals surface area contributed by atoms with Crippen LogP contribution in [-0.4, -0.2) is 25.0 Å². The molecule has 1 N–H and O–H groups in total. The quantitative estimate of drug-likeness (QED) is 0.862. The maximum atomic E-state index is 12.5. The molecule has 0 radical (unpaired) electrons. The van der Waals surface area contributed by atoms with E-state index in [1.807, 2.05) is 0 Å². The van der Waals surface area contributed by atoms with E-state index >= 15 is 0 Å². The summed E-state index contributed by atoms with van der Waals surface area (Å²) in [5.41, 5.74) is 1.17. The van der Waals surface area contributed by atoms with Crippen molar-refractivity contribution in [3.63, 3.8) is 0 Å². The zero-order valence-electron chi connectivity index (χ0n) is 12.5. The first-order chi connectivity index (χ1) is 9.86. The van der Waals surface area contributed by atoms with Gasteiger partial charge in [0.05, 0.1) is 12.8 Å². The summed E-state index contributed by atoms with van der Waals surface area (Å²) in [4.78, 5) is 37.4. The highest BCUT2D eigenvalue weighted by Crippen LogP contribution is 2.29. The molecule has 1 aliphatic heterocycles. The molecule has 1 saturated heterocycles. The summed E-state index contributed by atoms with van der Waals surface area (Å²) in [7, 11) is 1.54. The zero-order valence-corrected chi connectivity index (χ0v) is 12.5. The lowest BCUT2D eigenvalue weighted by Gasteiger charge is -2.32. The maximum Gasteiger partial charge on any atom is 0.335 e. The largest absolute Gasteiger partial charge is 0.497 e. The van der Waals surface area contributed by atoms with Gasteiger partial charge in [-0.05, 0) is 36.6 Å². The Morgan fingerprint density at radius 3 is 2.43 bits per heavy atom. The van der Waals surface area contributed by atoms with E-state index in [2.05, 4.69) is 5.32 Å². The molecular formula is C15H18N2O4. The molecule has 1 atom stereocenters. The minimum Gasteiger partial charge on any atom is -0.497 e. The molecule has 2 rings (SSSR count). The van der Waals surface area contributed by atoms with E-state index in [-0.39, 0.29) is 5.92 Å². The molecule has 0 aromatic heterocycles. The van der Waals surface area contributed by atoms with Gasteiger partial charge in [0, 0.05) is 0 Å². The van der Waals surface area contributed by atoms with Crippen molar-refractivity contribution in [1.29, 1.82) is 0 Å². The van der Waals surface area contributed by atoms with Crippen molar-refractivity contribution in [2.45, 2.75) is 20.8 Å². The van der Waals surface area contributed by atoms with Crippen LogP contribution in [0.25, 0.3) is 0 Å². The van der Waals surface area contributed by atoms with Crippen LogP contribution < -0.4 is 15.0 Å². The molecule has 6 nitrogen and oxygen atoms in total. The van der Waals surface area contributed by atoms with E-state index in [1.54, 1.807) is 46.1 Å². The second-order valence-corrected chi connectivity index (χ2v) is 5.34. The summed E-state index contributed by atoms with van der Waals surface area (Å²) in [5.74, 6) is -1.44. The second-order valence-electron chi connectivity index (χ2n) is 5.34. The molecular weight excluding hydrogens is 272 g/mol. The van der Waals surface area contributed by atoms with E-state index in [9.17, 15) is 14.4 Å². The third kappa shape index (κ3) is 2.61. The van der Waals surface area contributed by atoms with Gasteiger partial charge in [-0.25, -0.2) is 9.69 Å². The number of benzene rings is 1. The number of carbonyl (C=O) groups excluding carboxylic acids is 3. The number of anilines is 1. The highest BCUT2D eigenvalue weighted by molar-refractivity contribution is 6.28. The first-order valence-corrected chi connectivity index (χ1v) is 6.70. The van der Waals surface area contributed by atoms with E-state index in [0.29, 0.717) is 11.4 Å². The smallest absolute Gasteiger partial charge is 0.335 e. The van der Waals surface area contributed by atoms with E-state index < -0.39 is 23.8 Å². The van der Waals surface area contributed by atoms with Crippen molar-refractivity contribution in [3.8, 4) is 5.75 Å². The lowest BCUT2D eigenvalue weighted by Crippen LogP contribution is -2.59. The molecule has 1 aromatic carbocycles. The Morgan fingerprint density at radius 1 is 1.24 bits per heavy atom. The molecule has 21 heavy (non-hydrogen) atoms. The number of nitrogens with one attached hydrogen (secondary N) is 1. The van der Waals surface area contributed by atoms with Crippen LogP contribution in [0.5, 0.6) is 5.75 Å². The summed E-state index contributed by atoms with van der Waals surface area (Å²) in [6.07, 6.45) is 0. The van der Waals surface area contributed by atoms with Crippen molar-refractivity contribution >= 4 is 23.5 Å². The molecule has 0 bridgehead atoms. The number of methoxy groups -OCH3 is 1. The maximum absolute atomic E-state index is 12.5. The van der Waals surface area contributed by atoms with Crippen LogP contribution in [0.4, 0.5) is 10.5 Å². The third-order valence-corrected chi connectivity index (χ3v) is 3.51. The number of aryl methyl sites for hydroxylation is 1. The summed E-state index contributed by atoms with van der Waals surface area (Å²) < 4.78 is 5.11. The fourth-order valence-corrected chi connectivity index (χ4v) is 2.41. The molecule has 0 spiro atoms. The Kier molecular flexibility index (Phi) is 3.97. The van der Waals surface area contributed by atoms with Crippen molar-refractivity contribution in [3.05, 3.63) is 23.8 Å². The number of nitrogens with zero attached hydrogens (tertiary/aromatic N) is 1. The van der Waals surface area contributed by atoms with Gasteiger partial charge in [-0.1, -0.05) is 13.8 Å². The molecule has 1 heterocycles. The highest BCUT2D eigenvalue weighted by Gasteiger charge is 2.43. The lowest BCUT2D eigenvalue weighted by atomic mass is 9.91. The number of hydrogen-bond acceptors (Lipinski definition) is 4. The van der Waals surface area contributed by atoms with Crippen LogP contribution in [-0.2, 0) is 9.59 Å². The number of carbonyl (C=O) groups is 3. The van der Waals surface area contributed by atoms with E-state index in [1.165, 1.54) is 0 Å². The van der Waals surface area contributed by atoms with Gasteiger partial charge < -0.3 is 4.74 Å². The Morgan fingerprint density at radius 2 is 1.90 bits per heavy atom. The number of imide groups is 2. The average molecular weight is 290 g/mol. The van der Waals surface area contributed by atoms with E-state index in [0.717, 1.165) is 10.5 Å². The standard InChI is InChI=1S/C15H18N2O4/c1-8(2)12-13(18)16-15(20)17(14(12)19)11-6-5-10(21-4)7-9(11)3/h5-8,12H,1-4H3,(H,16,18,20). The second kappa shape index (κ2) is 5.55. The van der Waals surface area contributed by atoms with Crippen molar-refractivity contribution < 1.29 is 19.1 Å². The molecule has 0 saturated carbocycles. The molecule has 1 aliphatic rings. The average Bonchev–Trinajstić information content (AvgIpc) is 2.39. The van der Waals surface area contributed by atoms with Crippen molar-refractivity contribution in [2.24, 2.45) is 11.8 Å². The highest BCUT2D eigenvalue weighted by atomic mass is 16.5. The third-order valence-electron chi connectivity index (χ3n) is 3.51. The van der Waals surface area contributed by atoms with Crippen LogP contribution in [0.2, 0.25) is 0 Å². The number of amides is 4. The normalized spacial score (nSPS) is 19.0. The summed E-state index contributed by atoms with van der Waals surface area (Å²) in [6, 6.07) is 4.33. The fourth-order valence-electron chi connectivity index (χ4n) is 2.41. The van der Waals surface area contributed by atoms with Crippen LogP contribution >= 0.6 is 0 Å². The summed E-state index contributed by atoms with van der Waals surface area (Å²) >= 11 is 0. The molecule has 6 heteroatoms. The Balaban J connectivity index is 2.44. The number of barbiturate groups is 1. The molecule has 1 unspecified atom stereocenters. The van der Waals surface area contributed by atoms with Gasteiger partial charge in [-0.2, -0.15) is 0 Å². The molecule has 0 aliphatic carbocycles. The molecule has 112 valence electrons. The van der Waals surface area contributed by atoms with Gasteiger partial charge in [-0.3, -0.25) is 14.9 Å². The summed E-state index contributed by atoms with van der Waals surface area (Å²) in [6.45, 7) is 5.33. The monoisotopic (exact) mass is 290 g/mol. The van der Waals surface area contributed by atoms with Crippen molar-refractivity contribution in [2.75, 3.05) is 12.0 Å². The number of ether oxygens (including phenoxy) is 1. The van der Waals surface area contributed by atoms with Gasteiger partial charge >= 0.3 is 6.03 Å². The van der Waals surface area contributed by atoms with Gasteiger partial charge in [0.15, 0.2) is 0 Å². The van der Waals surface area contributed by atoms with Crippen molar-refractivity contribution in [1.82, 2.24) is 5.32 Å². The molecule has 1 aromatic rings. The predicted molar refractivity (Wildman–Crippen MR) is 77.1 cm³/mol. The SMILES string of the molecule is COc1ccc(N2C(=O)NC(=O)C(C(C)C)C2=O)c(C)c1. The topological polar surface area (TPSA) is 75.7 Å². The Hall–Kier alpha value is -2.37. The minimum atomic E-state index is -0.857. The number of rotatable bonds is 3. The Labute approximate surface area is 123 Å². The van der Waals surface area contributed by atoms with Crippen LogP contribution in [0.3, 0.4) is 0 Å². The van der Waals surface area contributed by atoms with Gasteiger partial charge in [0.25, 0.3) is 0 Å². The lowest BCUT2D eigenvalue weighted by molar-refractivity contribution is -0.136. The van der Waals surface area contributed by atoms with Crippen LogP contribution in [0.1, 0.15) is 19.4 Å². The number of hydrogen-bond donors (Lipinski definition) is 1. The molecule has 4 amide bonds. The Bertz CT molecular complexity index is 610. The summed E-state index contributed by atoms with van der Waals surface area (Å²) in [5, 5.41) is 2.24. The first-order valence-electron chi connectivity index (χ1n) is 6.70. The van der Waals surface area contributed by atoms with Gasteiger partial charge in [0.1, 0.15) is 11.7 Å². The predicted octanol–water partition coefficient (Wildman–Crippen LogP) is 1.86. The van der Waals surface area contributed by atoms with E-state index in [4.69, 9.17) is 4.74 Å². The van der Waals surface area contributed by atoms with Gasteiger partial charge in [0.2, 0.25) is 11.8 Å². The number of urea groups is 1.